The van der Waals surface area contributed by atoms with Crippen LogP contribution in [0.4, 0.5) is 0 Å². The van der Waals surface area contributed by atoms with E-state index in [1.807, 2.05) is 45.9 Å². The van der Waals surface area contributed by atoms with Crippen LogP contribution in [0.1, 0.15) is 46.6 Å². The monoisotopic (exact) mass is 304 g/mol. The first kappa shape index (κ1) is 18.4. The molecule has 0 fully saturated rings. The lowest BCUT2D eigenvalue weighted by Crippen LogP contribution is -2.40. The van der Waals surface area contributed by atoms with E-state index in [1.54, 1.807) is 13.1 Å². The molecule has 0 heterocycles. The molecule has 4 nitrogen and oxygen atoms in total. The summed E-state index contributed by atoms with van der Waals surface area (Å²) in [6.07, 6.45) is 2.20. The highest BCUT2D eigenvalue weighted by Gasteiger charge is 2.22. The summed E-state index contributed by atoms with van der Waals surface area (Å²) in [4.78, 5) is 13.5. The zero-order valence-corrected chi connectivity index (χ0v) is 14.4. The highest BCUT2D eigenvalue weighted by Crippen LogP contribution is 2.10. The molecule has 0 amide bonds. The van der Waals surface area contributed by atoms with E-state index in [4.69, 9.17) is 0 Å². The summed E-state index contributed by atoms with van der Waals surface area (Å²) in [5.41, 5.74) is 0.729. The highest BCUT2D eigenvalue weighted by molar-refractivity contribution is 5.75. The number of hydrogen-bond donors (Lipinski definition) is 0. The fourth-order valence-corrected chi connectivity index (χ4v) is 2.06. The first-order chi connectivity index (χ1) is 10.2. The second-order valence-electron chi connectivity index (χ2n) is 6.79. The topological polar surface area (TPSA) is 46.4 Å². The Morgan fingerprint density at radius 3 is 2.41 bits per heavy atom. The first-order valence-electron chi connectivity index (χ1n) is 7.79. The molecule has 1 rings (SSSR count). The summed E-state index contributed by atoms with van der Waals surface area (Å²) in [6.45, 7) is 10.6. The first-order valence-corrected chi connectivity index (χ1v) is 7.79. The third kappa shape index (κ3) is 6.39. The second-order valence-corrected chi connectivity index (χ2v) is 6.79. The molecular formula is C18H28N2O2. The predicted molar refractivity (Wildman–Crippen MR) is 91.1 cm³/mol. The average Bonchev–Trinajstić information content (AvgIpc) is 2.43. The molecule has 1 aromatic carbocycles. The van der Waals surface area contributed by atoms with Crippen molar-refractivity contribution in [2.75, 3.05) is 6.54 Å². The minimum Gasteiger partial charge on any atom is -0.624 e. The van der Waals surface area contributed by atoms with E-state index in [0.717, 1.165) is 11.3 Å². The minimum absolute atomic E-state index is 0.0312. The van der Waals surface area contributed by atoms with Crippen molar-refractivity contribution in [3.63, 3.8) is 0 Å². The van der Waals surface area contributed by atoms with Gasteiger partial charge in [0, 0.05) is 40.3 Å². The Labute approximate surface area is 134 Å². The van der Waals surface area contributed by atoms with E-state index in [9.17, 15) is 10.0 Å². The SMILES string of the molecule is CC(=O)CCN(Cc1ccccc1)[C@@H](C)/C=[N+](\[O-])C(C)(C)C. The van der Waals surface area contributed by atoms with Crippen molar-refractivity contribution in [2.45, 2.75) is 59.2 Å². The van der Waals surface area contributed by atoms with Crippen LogP contribution in [0.2, 0.25) is 0 Å². The number of ketones is 1. The summed E-state index contributed by atoms with van der Waals surface area (Å²) in [6, 6.07) is 10.1. The van der Waals surface area contributed by atoms with Crippen LogP contribution in [0.15, 0.2) is 30.3 Å². The van der Waals surface area contributed by atoms with Crippen LogP contribution >= 0.6 is 0 Å². The summed E-state index contributed by atoms with van der Waals surface area (Å²) in [5.74, 6) is 0.167. The van der Waals surface area contributed by atoms with Crippen molar-refractivity contribution in [1.82, 2.24) is 4.90 Å². The van der Waals surface area contributed by atoms with Crippen molar-refractivity contribution in [1.29, 1.82) is 0 Å². The van der Waals surface area contributed by atoms with Crippen LogP contribution in [-0.4, -0.2) is 39.8 Å². The Hall–Kier alpha value is -1.68. The van der Waals surface area contributed by atoms with Gasteiger partial charge in [-0.25, -0.2) is 4.74 Å². The van der Waals surface area contributed by atoms with Gasteiger partial charge in [0.15, 0.2) is 11.8 Å². The quantitative estimate of drug-likeness (QED) is 0.336. The summed E-state index contributed by atoms with van der Waals surface area (Å²) in [5, 5.41) is 12.1. The highest BCUT2D eigenvalue weighted by atomic mass is 16.5. The van der Waals surface area contributed by atoms with E-state index in [2.05, 4.69) is 17.0 Å². The molecule has 0 aromatic heterocycles. The molecule has 4 heteroatoms. The van der Waals surface area contributed by atoms with Gasteiger partial charge in [0.05, 0.1) is 6.04 Å². The number of nitrogens with zero attached hydrogens (tertiary/aromatic N) is 2. The molecule has 0 aliphatic carbocycles. The third-order valence-corrected chi connectivity index (χ3v) is 3.57. The Bertz CT molecular complexity index is 504. The van der Waals surface area contributed by atoms with Gasteiger partial charge in [0.1, 0.15) is 5.78 Å². The number of Topliss-reactive ketones (excluding diaryl/α,β-unsaturated/α-hetero) is 1. The molecule has 0 unspecified atom stereocenters. The van der Waals surface area contributed by atoms with Crippen molar-refractivity contribution in [2.24, 2.45) is 0 Å². The lowest BCUT2D eigenvalue weighted by atomic mass is 10.1. The molecule has 1 aromatic rings. The molecule has 0 bridgehead atoms. The fraction of sp³-hybridized carbons (Fsp3) is 0.556. The van der Waals surface area contributed by atoms with Gasteiger partial charge < -0.3 is 5.21 Å². The summed E-state index contributed by atoms with van der Waals surface area (Å²) >= 11 is 0. The molecular weight excluding hydrogens is 276 g/mol. The van der Waals surface area contributed by atoms with E-state index in [0.29, 0.717) is 13.0 Å². The molecule has 0 N–H and O–H groups in total. The van der Waals surface area contributed by atoms with Gasteiger partial charge in [0.25, 0.3) is 0 Å². The van der Waals surface area contributed by atoms with Crippen LogP contribution < -0.4 is 0 Å². The van der Waals surface area contributed by atoms with E-state index in [1.165, 1.54) is 5.56 Å². The maximum Gasteiger partial charge on any atom is 0.168 e. The maximum absolute atomic E-state index is 12.1. The van der Waals surface area contributed by atoms with Crippen LogP contribution in [-0.2, 0) is 11.3 Å². The molecule has 0 saturated heterocycles. The van der Waals surface area contributed by atoms with Crippen LogP contribution in [0.3, 0.4) is 0 Å². The molecule has 0 aliphatic rings. The van der Waals surface area contributed by atoms with Crippen LogP contribution in [0, 0.1) is 5.21 Å². The van der Waals surface area contributed by atoms with Gasteiger partial charge in [-0.05, 0) is 19.4 Å². The summed E-state index contributed by atoms with van der Waals surface area (Å²) < 4.78 is 1.00. The van der Waals surface area contributed by atoms with E-state index >= 15 is 0 Å². The van der Waals surface area contributed by atoms with Crippen molar-refractivity contribution in [3.05, 3.63) is 41.1 Å². The smallest absolute Gasteiger partial charge is 0.168 e. The Morgan fingerprint density at radius 2 is 1.91 bits per heavy atom. The number of hydroxylamine groups is 1. The minimum atomic E-state index is -0.451. The average molecular weight is 304 g/mol. The Balaban J connectivity index is 2.87. The predicted octanol–water partition coefficient (Wildman–Crippen LogP) is 3.24. The van der Waals surface area contributed by atoms with E-state index in [-0.39, 0.29) is 11.8 Å². The lowest BCUT2D eigenvalue weighted by Gasteiger charge is -2.27. The van der Waals surface area contributed by atoms with Crippen LogP contribution in [0.25, 0.3) is 0 Å². The number of carbonyl (C=O) groups is 1. The number of carbonyl (C=O) groups excluding carboxylic acids is 1. The van der Waals surface area contributed by atoms with Crippen molar-refractivity contribution >= 4 is 12.0 Å². The van der Waals surface area contributed by atoms with Gasteiger partial charge in [-0.15, -0.1) is 0 Å². The van der Waals surface area contributed by atoms with Gasteiger partial charge in [-0.2, -0.15) is 0 Å². The van der Waals surface area contributed by atoms with Crippen molar-refractivity contribution in [3.8, 4) is 0 Å². The maximum atomic E-state index is 12.1. The normalized spacial score (nSPS) is 14.2. The number of benzene rings is 1. The van der Waals surface area contributed by atoms with Gasteiger partial charge in [0.2, 0.25) is 0 Å². The molecule has 1 atom stereocenters. The molecule has 22 heavy (non-hydrogen) atoms. The molecule has 0 spiro atoms. The zero-order chi connectivity index (χ0) is 16.8. The lowest BCUT2D eigenvalue weighted by molar-refractivity contribution is -0.532. The third-order valence-electron chi connectivity index (χ3n) is 3.57. The molecule has 122 valence electrons. The Morgan fingerprint density at radius 1 is 1.32 bits per heavy atom. The standard InChI is InChI=1S/C18H28N2O2/c1-15(13-20(22)18(3,4)5)19(12-11-16(2)21)14-17-9-7-6-8-10-17/h6-10,13,15H,11-12,14H2,1-5H3/b20-13-/t15-/m0/s1. The molecule has 0 aliphatic heterocycles. The molecule has 0 saturated carbocycles. The fourth-order valence-electron chi connectivity index (χ4n) is 2.06. The van der Waals surface area contributed by atoms with Gasteiger partial charge in [-0.3, -0.25) is 9.69 Å². The largest absolute Gasteiger partial charge is 0.624 e. The van der Waals surface area contributed by atoms with Gasteiger partial charge in [-0.1, -0.05) is 30.3 Å². The van der Waals surface area contributed by atoms with E-state index < -0.39 is 5.54 Å². The summed E-state index contributed by atoms with van der Waals surface area (Å²) in [7, 11) is 0. The van der Waals surface area contributed by atoms with Crippen molar-refractivity contribution < 1.29 is 9.53 Å². The number of rotatable bonds is 7. The zero-order valence-electron chi connectivity index (χ0n) is 14.4. The Kier molecular flexibility index (Phi) is 6.75. The van der Waals surface area contributed by atoms with Gasteiger partial charge >= 0.3 is 0 Å². The molecule has 0 radical (unpaired) electrons. The van der Waals surface area contributed by atoms with Crippen LogP contribution in [0.5, 0.6) is 0 Å². The second kappa shape index (κ2) is 8.08. The number of hydrogen-bond acceptors (Lipinski definition) is 3.